The van der Waals surface area contributed by atoms with Gasteiger partial charge >= 0.3 is 0 Å². The molecule has 104 valence electrons. The molecule has 0 fully saturated rings. The van der Waals surface area contributed by atoms with Crippen LogP contribution in [0.5, 0.6) is 5.75 Å². The molecule has 0 aliphatic heterocycles. The van der Waals surface area contributed by atoms with Crippen LogP contribution in [0.1, 0.15) is 19.4 Å². The van der Waals surface area contributed by atoms with Crippen LogP contribution in [-0.4, -0.2) is 16.1 Å². The third-order valence-corrected chi connectivity index (χ3v) is 2.78. The summed E-state index contributed by atoms with van der Waals surface area (Å²) in [6.07, 6.45) is 1.85. The van der Waals surface area contributed by atoms with Crippen molar-refractivity contribution in [3.8, 4) is 5.75 Å². The highest BCUT2D eigenvalue weighted by atomic mass is 32.1. The molecule has 0 saturated carbocycles. The quantitative estimate of drug-likeness (QED) is 0.827. The van der Waals surface area contributed by atoms with Gasteiger partial charge in [0.2, 0.25) is 0 Å². The maximum atomic E-state index is 5.68. The first-order valence-electron chi connectivity index (χ1n) is 6.35. The highest BCUT2D eigenvalue weighted by Gasteiger charge is 2.06. The van der Waals surface area contributed by atoms with E-state index in [2.05, 4.69) is 10.3 Å². The summed E-state index contributed by atoms with van der Waals surface area (Å²) in [7, 11) is 0. The predicted octanol–water partition coefficient (Wildman–Crippen LogP) is 3.25. The number of anilines is 2. The van der Waals surface area contributed by atoms with Crippen LogP contribution in [0.3, 0.4) is 0 Å². The maximum absolute atomic E-state index is 5.68. The van der Waals surface area contributed by atoms with Gasteiger partial charge in [0.1, 0.15) is 16.6 Å². The third kappa shape index (κ3) is 3.68. The largest absolute Gasteiger partial charge is 0.491 e. The minimum atomic E-state index is 0.158. The van der Waals surface area contributed by atoms with Crippen molar-refractivity contribution in [2.75, 3.05) is 5.32 Å². The lowest BCUT2D eigenvalue weighted by molar-refractivity contribution is 0.242. The average molecular weight is 287 g/mol. The van der Waals surface area contributed by atoms with E-state index in [9.17, 15) is 0 Å². The van der Waals surface area contributed by atoms with Gasteiger partial charge in [-0.3, -0.25) is 0 Å². The first-order valence-corrected chi connectivity index (χ1v) is 6.75. The third-order valence-electron chi connectivity index (χ3n) is 2.56. The van der Waals surface area contributed by atoms with Crippen LogP contribution in [0.4, 0.5) is 11.5 Å². The number of aromatic nitrogens is 1. The van der Waals surface area contributed by atoms with Gasteiger partial charge in [0.05, 0.1) is 11.7 Å². The summed E-state index contributed by atoms with van der Waals surface area (Å²) in [4.78, 5) is 4.58. The van der Waals surface area contributed by atoms with Gasteiger partial charge in [-0.2, -0.15) is 0 Å². The van der Waals surface area contributed by atoms with Crippen molar-refractivity contribution in [1.82, 2.24) is 4.98 Å². The molecule has 2 aromatic rings. The fourth-order valence-electron chi connectivity index (χ4n) is 1.73. The van der Waals surface area contributed by atoms with E-state index in [1.165, 1.54) is 0 Å². The number of pyridine rings is 1. The number of ether oxygens (including phenoxy) is 1. The van der Waals surface area contributed by atoms with Crippen molar-refractivity contribution in [1.29, 1.82) is 0 Å². The lowest BCUT2D eigenvalue weighted by Crippen LogP contribution is -2.12. The van der Waals surface area contributed by atoms with E-state index in [-0.39, 0.29) is 6.10 Å². The Balaban J connectivity index is 2.16. The zero-order valence-corrected chi connectivity index (χ0v) is 12.3. The van der Waals surface area contributed by atoms with Crippen molar-refractivity contribution >= 4 is 28.7 Å². The van der Waals surface area contributed by atoms with Gasteiger partial charge in [0, 0.05) is 11.9 Å². The number of thiocarbonyl (C=S) groups is 1. The average Bonchev–Trinajstić information content (AvgIpc) is 2.41. The maximum Gasteiger partial charge on any atom is 0.140 e. The van der Waals surface area contributed by atoms with Gasteiger partial charge in [0.15, 0.2) is 0 Å². The van der Waals surface area contributed by atoms with Crippen LogP contribution in [0.15, 0.2) is 42.6 Å². The molecule has 2 rings (SSSR count). The zero-order chi connectivity index (χ0) is 14.5. The van der Waals surface area contributed by atoms with E-state index in [1.807, 2.05) is 44.2 Å². The molecular weight excluding hydrogens is 270 g/mol. The molecule has 0 aliphatic carbocycles. The number of nitrogens with two attached hydrogens (primary N) is 1. The number of rotatable bonds is 5. The monoisotopic (exact) mass is 287 g/mol. The Morgan fingerprint density at radius 2 is 1.95 bits per heavy atom. The van der Waals surface area contributed by atoms with Gasteiger partial charge < -0.3 is 15.8 Å². The predicted molar refractivity (Wildman–Crippen MR) is 85.6 cm³/mol. The van der Waals surface area contributed by atoms with Crippen molar-refractivity contribution in [3.05, 3.63) is 48.2 Å². The lowest BCUT2D eigenvalue weighted by Gasteiger charge is -2.12. The number of hydrogen-bond acceptors (Lipinski definition) is 4. The molecule has 20 heavy (non-hydrogen) atoms. The summed E-state index contributed by atoms with van der Waals surface area (Å²) < 4.78 is 5.60. The van der Waals surface area contributed by atoms with Gasteiger partial charge in [0.25, 0.3) is 0 Å². The fraction of sp³-hybridized carbons (Fsp3) is 0.200. The topological polar surface area (TPSA) is 60.2 Å². The number of hydrogen-bond donors (Lipinski definition) is 2. The van der Waals surface area contributed by atoms with Gasteiger partial charge in [-0.25, -0.2) is 4.98 Å². The van der Waals surface area contributed by atoms with Crippen LogP contribution in [0.25, 0.3) is 0 Å². The van der Waals surface area contributed by atoms with Crippen LogP contribution < -0.4 is 15.8 Å². The van der Waals surface area contributed by atoms with E-state index in [0.717, 1.165) is 17.0 Å². The van der Waals surface area contributed by atoms with Crippen LogP contribution in [0, 0.1) is 0 Å². The molecule has 0 unspecified atom stereocenters. The van der Waals surface area contributed by atoms with Crippen LogP contribution in [-0.2, 0) is 0 Å². The molecule has 1 aromatic carbocycles. The normalized spacial score (nSPS) is 10.3. The zero-order valence-electron chi connectivity index (χ0n) is 11.5. The van der Waals surface area contributed by atoms with Gasteiger partial charge in [-0.15, -0.1) is 0 Å². The number of nitrogens with one attached hydrogen (secondary N) is 1. The van der Waals surface area contributed by atoms with Gasteiger partial charge in [-0.05, 0) is 50.2 Å². The summed E-state index contributed by atoms with van der Waals surface area (Å²) >= 11 is 5.01. The Kier molecular flexibility index (Phi) is 4.53. The Morgan fingerprint density at radius 1 is 1.25 bits per heavy atom. The molecule has 1 aromatic heterocycles. The molecule has 0 bridgehead atoms. The molecule has 5 heteroatoms. The van der Waals surface area contributed by atoms with Crippen molar-refractivity contribution in [2.24, 2.45) is 5.73 Å². The van der Waals surface area contributed by atoms with E-state index in [4.69, 9.17) is 22.7 Å². The summed E-state index contributed by atoms with van der Waals surface area (Å²) in [6, 6.07) is 11.3. The second-order valence-corrected chi connectivity index (χ2v) is 5.02. The van der Waals surface area contributed by atoms with Crippen LogP contribution in [0.2, 0.25) is 0 Å². The lowest BCUT2D eigenvalue weighted by atomic mass is 10.2. The molecule has 0 atom stereocenters. The molecule has 4 nitrogen and oxygen atoms in total. The van der Waals surface area contributed by atoms with Crippen molar-refractivity contribution in [3.63, 3.8) is 0 Å². The second kappa shape index (κ2) is 6.34. The molecule has 0 saturated heterocycles. The summed E-state index contributed by atoms with van der Waals surface area (Å²) in [5, 5.41) is 3.20. The standard InChI is InChI=1S/C15H17N3OS/c1-10(2)19-12-7-5-11(6-8-12)18-15-13(14(16)20)4-3-9-17-15/h3-10H,1-2H3,(H2,16,20)(H,17,18). The highest BCUT2D eigenvalue weighted by molar-refractivity contribution is 7.80. The molecule has 1 heterocycles. The Bertz CT molecular complexity index is 596. The first-order chi connectivity index (χ1) is 9.56. The number of benzene rings is 1. The minimum Gasteiger partial charge on any atom is -0.491 e. The van der Waals surface area contributed by atoms with Crippen molar-refractivity contribution in [2.45, 2.75) is 20.0 Å². The first kappa shape index (κ1) is 14.3. The summed E-state index contributed by atoms with van der Waals surface area (Å²) in [5.41, 5.74) is 7.31. The molecule has 3 N–H and O–H groups in total. The molecular formula is C15H17N3OS. The summed E-state index contributed by atoms with van der Waals surface area (Å²) in [6.45, 7) is 3.99. The van der Waals surface area contributed by atoms with E-state index >= 15 is 0 Å². The van der Waals surface area contributed by atoms with E-state index in [1.54, 1.807) is 12.3 Å². The Hall–Kier alpha value is -2.14. The van der Waals surface area contributed by atoms with E-state index in [0.29, 0.717) is 10.8 Å². The second-order valence-electron chi connectivity index (χ2n) is 4.58. The summed E-state index contributed by atoms with van der Waals surface area (Å²) in [5.74, 6) is 1.48. The minimum absolute atomic E-state index is 0.158. The Labute approximate surface area is 124 Å². The SMILES string of the molecule is CC(C)Oc1ccc(Nc2ncccc2C(N)=S)cc1. The van der Waals surface area contributed by atoms with E-state index < -0.39 is 0 Å². The van der Waals surface area contributed by atoms with Gasteiger partial charge in [-0.1, -0.05) is 12.2 Å². The number of nitrogens with zero attached hydrogens (tertiary/aromatic N) is 1. The molecule has 0 aliphatic rings. The van der Waals surface area contributed by atoms with Crippen molar-refractivity contribution < 1.29 is 4.74 Å². The molecule has 0 radical (unpaired) electrons. The Morgan fingerprint density at radius 3 is 2.55 bits per heavy atom. The molecule has 0 spiro atoms. The highest BCUT2D eigenvalue weighted by Crippen LogP contribution is 2.21. The van der Waals surface area contributed by atoms with Crippen LogP contribution >= 0.6 is 12.2 Å². The smallest absolute Gasteiger partial charge is 0.140 e. The molecule has 0 amide bonds. The fourth-order valence-corrected chi connectivity index (χ4v) is 1.89.